The van der Waals surface area contributed by atoms with Crippen molar-refractivity contribution in [1.29, 1.82) is 0 Å². The van der Waals surface area contributed by atoms with Gasteiger partial charge in [-0.3, -0.25) is 9.80 Å². The molecular weight excluding hydrogens is 268 g/mol. The number of hydrogen-bond acceptors (Lipinski definition) is 5. The summed E-state index contributed by atoms with van der Waals surface area (Å²) in [7, 11) is 1.66. The minimum atomic E-state index is 0.246. The molecule has 2 rings (SSSR count). The molecule has 1 aromatic carbocycles. The molecule has 0 aliphatic carbocycles. The van der Waals surface area contributed by atoms with Crippen molar-refractivity contribution in [2.24, 2.45) is 0 Å². The summed E-state index contributed by atoms with van der Waals surface area (Å²) >= 11 is 0. The zero-order chi connectivity index (χ0) is 15.1. The molecule has 0 unspecified atom stereocenters. The van der Waals surface area contributed by atoms with Gasteiger partial charge in [0.1, 0.15) is 0 Å². The lowest BCUT2D eigenvalue weighted by Crippen LogP contribution is -2.46. The molecule has 1 saturated heterocycles. The topological polar surface area (TPSA) is 45.2 Å². The monoisotopic (exact) mass is 294 g/mol. The van der Waals surface area contributed by atoms with Gasteiger partial charge in [-0.25, -0.2) is 0 Å². The van der Waals surface area contributed by atoms with Crippen LogP contribution in [0.25, 0.3) is 0 Å². The highest BCUT2D eigenvalue weighted by Crippen LogP contribution is 2.28. The molecule has 0 spiro atoms. The van der Waals surface area contributed by atoms with E-state index in [-0.39, 0.29) is 6.61 Å². The van der Waals surface area contributed by atoms with E-state index in [0.29, 0.717) is 6.61 Å². The van der Waals surface area contributed by atoms with Crippen LogP contribution in [-0.2, 0) is 6.54 Å². The van der Waals surface area contributed by atoms with Gasteiger partial charge >= 0.3 is 0 Å². The van der Waals surface area contributed by atoms with Crippen LogP contribution in [0.2, 0.25) is 0 Å². The van der Waals surface area contributed by atoms with Gasteiger partial charge in [-0.05, 0) is 24.6 Å². The number of methoxy groups -OCH3 is 1. The predicted octanol–water partition coefficient (Wildman–Crippen LogP) is 1.20. The second kappa shape index (κ2) is 8.22. The van der Waals surface area contributed by atoms with Crippen LogP contribution in [0.5, 0.6) is 11.5 Å². The van der Waals surface area contributed by atoms with Crippen molar-refractivity contribution in [3.8, 4) is 11.5 Å². The third-order valence-electron chi connectivity index (χ3n) is 3.82. The fourth-order valence-corrected chi connectivity index (χ4v) is 2.66. The van der Waals surface area contributed by atoms with E-state index in [1.54, 1.807) is 7.11 Å². The van der Waals surface area contributed by atoms with E-state index < -0.39 is 0 Å². The van der Waals surface area contributed by atoms with Gasteiger partial charge < -0.3 is 14.6 Å². The molecule has 0 radical (unpaired) electrons. The zero-order valence-corrected chi connectivity index (χ0v) is 13.0. The molecule has 1 N–H and O–H groups in total. The first kappa shape index (κ1) is 16.1. The molecule has 1 aliphatic heterocycles. The van der Waals surface area contributed by atoms with Crippen LogP contribution in [0.3, 0.4) is 0 Å². The lowest BCUT2D eigenvalue weighted by molar-refractivity contribution is 0.108. The molecule has 1 fully saturated rings. The van der Waals surface area contributed by atoms with Crippen LogP contribution in [-0.4, -0.2) is 68.0 Å². The van der Waals surface area contributed by atoms with Gasteiger partial charge in [-0.15, -0.1) is 0 Å². The number of piperazine rings is 1. The molecule has 0 atom stereocenters. The number of benzene rings is 1. The lowest BCUT2D eigenvalue weighted by Gasteiger charge is -2.34. The highest BCUT2D eigenvalue weighted by atomic mass is 16.5. The molecule has 5 nitrogen and oxygen atoms in total. The van der Waals surface area contributed by atoms with Crippen LogP contribution < -0.4 is 9.47 Å². The van der Waals surface area contributed by atoms with Crippen LogP contribution >= 0.6 is 0 Å². The molecule has 118 valence electrons. The van der Waals surface area contributed by atoms with Crippen LogP contribution in [0.15, 0.2) is 18.2 Å². The minimum Gasteiger partial charge on any atom is -0.493 e. The van der Waals surface area contributed by atoms with Gasteiger partial charge in [-0.2, -0.15) is 0 Å². The SMILES string of the molecule is CCOc1cc(CN2CCN(CCO)CC2)ccc1OC. The molecule has 5 heteroatoms. The summed E-state index contributed by atoms with van der Waals surface area (Å²) in [6, 6.07) is 6.15. The summed E-state index contributed by atoms with van der Waals surface area (Å²) in [5.41, 5.74) is 1.25. The van der Waals surface area contributed by atoms with E-state index in [2.05, 4.69) is 21.9 Å². The van der Waals surface area contributed by atoms with Crippen molar-refractivity contribution >= 4 is 0 Å². The first-order valence-corrected chi connectivity index (χ1v) is 7.62. The first-order chi connectivity index (χ1) is 10.3. The summed E-state index contributed by atoms with van der Waals surface area (Å²) in [5.74, 6) is 1.60. The van der Waals surface area contributed by atoms with Crippen molar-refractivity contribution in [3.05, 3.63) is 23.8 Å². The van der Waals surface area contributed by atoms with E-state index in [4.69, 9.17) is 14.6 Å². The van der Waals surface area contributed by atoms with Crippen molar-refractivity contribution < 1.29 is 14.6 Å². The Balaban J connectivity index is 1.92. The standard InChI is InChI=1S/C16H26N2O3/c1-3-21-16-12-14(4-5-15(16)20-2)13-18-8-6-17(7-9-18)10-11-19/h4-5,12,19H,3,6-11,13H2,1-2H3. The van der Waals surface area contributed by atoms with Gasteiger partial charge in [0.2, 0.25) is 0 Å². The number of rotatable bonds is 7. The fraction of sp³-hybridized carbons (Fsp3) is 0.625. The van der Waals surface area contributed by atoms with Crippen LogP contribution in [0, 0.1) is 0 Å². The Bertz CT molecular complexity index is 432. The molecule has 1 heterocycles. The van der Waals surface area contributed by atoms with Gasteiger partial charge in [0.15, 0.2) is 11.5 Å². The van der Waals surface area contributed by atoms with Crippen molar-refractivity contribution in [3.63, 3.8) is 0 Å². The smallest absolute Gasteiger partial charge is 0.161 e. The maximum absolute atomic E-state index is 8.97. The van der Waals surface area contributed by atoms with Crippen molar-refractivity contribution in [1.82, 2.24) is 9.80 Å². The van der Waals surface area contributed by atoms with E-state index in [9.17, 15) is 0 Å². The second-order valence-electron chi connectivity index (χ2n) is 5.26. The average Bonchev–Trinajstić information content (AvgIpc) is 2.50. The molecule has 0 amide bonds. The van der Waals surface area contributed by atoms with Crippen LogP contribution in [0.1, 0.15) is 12.5 Å². The third kappa shape index (κ3) is 4.59. The number of nitrogens with zero attached hydrogens (tertiary/aromatic N) is 2. The summed E-state index contributed by atoms with van der Waals surface area (Å²) in [6.45, 7) is 8.69. The summed E-state index contributed by atoms with van der Waals surface area (Å²) < 4.78 is 10.9. The minimum absolute atomic E-state index is 0.246. The Kier molecular flexibility index (Phi) is 6.29. The van der Waals surface area contributed by atoms with Crippen LogP contribution in [0.4, 0.5) is 0 Å². The maximum atomic E-state index is 8.97. The summed E-state index contributed by atoms with van der Waals surface area (Å²) in [6.07, 6.45) is 0. The summed E-state index contributed by atoms with van der Waals surface area (Å²) in [5, 5.41) is 8.97. The highest BCUT2D eigenvalue weighted by Gasteiger charge is 2.17. The molecule has 0 aromatic heterocycles. The molecule has 1 aromatic rings. The quantitative estimate of drug-likeness (QED) is 0.819. The molecule has 21 heavy (non-hydrogen) atoms. The van der Waals surface area contributed by atoms with Gasteiger partial charge in [0.05, 0.1) is 20.3 Å². The second-order valence-corrected chi connectivity index (χ2v) is 5.26. The van der Waals surface area contributed by atoms with Gasteiger partial charge in [0, 0.05) is 39.3 Å². The third-order valence-corrected chi connectivity index (χ3v) is 3.82. The summed E-state index contributed by atoms with van der Waals surface area (Å²) in [4.78, 5) is 4.74. The lowest BCUT2D eigenvalue weighted by atomic mass is 10.1. The van der Waals surface area contributed by atoms with E-state index in [1.165, 1.54) is 5.56 Å². The van der Waals surface area contributed by atoms with Crippen molar-refractivity contribution in [2.45, 2.75) is 13.5 Å². The number of aliphatic hydroxyl groups is 1. The Morgan fingerprint density at radius 2 is 1.81 bits per heavy atom. The fourth-order valence-electron chi connectivity index (χ4n) is 2.66. The zero-order valence-electron chi connectivity index (χ0n) is 13.0. The largest absolute Gasteiger partial charge is 0.493 e. The van der Waals surface area contributed by atoms with Crippen molar-refractivity contribution in [2.75, 3.05) is 53.0 Å². The Morgan fingerprint density at radius 3 is 2.43 bits per heavy atom. The van der Waals surface area contributed by atoms with E-state index in [0.717, 1.165) is 50.8 Å². The van der Waals surface area contributed by atoms with E-state index in [1.807, 2.05) is 13.0 Å². The van der Waals surface area contributed by atoms with Gasteiger partial charge in [-0.1, -0.05) is 6.07 Å². The Labute approximate surface area is 127 Å². The Hall–Kier alpha value is -1.30. The number of β-amino-alcohol motifs (C(OH)–C–C–N with tert-alkyl or cyclic N) is 1. The predicted molar refractivity (Wildman–Crippen MR) is 83.0 cm³/mol. The molecular formula is C16H26N2O3. The number of ether oxygens (including phenoxy) is 2. The molecule has 1 aliphatic rings. The first-order valence-electron chi connectivity index (χ1n) is 7.62. The van der Waals surface area contributed by atoms with E-state index >= 15 is 0 Å². The molecule has 0 bridgehead atoms. The number of hydrogen-bond donors (Lipinski definition) is 1. The maximum Gasteiger partial charge on any atom is 0.161 e. The highest BCUT2D eigenvalue weighted by molar-refractivity contribution is 5.42. The Morgan fingerprint density at radius 1 is 1.10 bits per heavy atom. The van der Waals surface area contributed by atoms with Gasteiger partial charge in [0.25, 0.3) is 0 Å². The average molecular weight is 294 g/mol. The number of aliphatic hydroxyl groups excluding tert-OH is 1. The normalized spacial score (nSPS) is 16.9. The molecule has 0 saturated carbocycles.